The Bertz CT molecular complexity index is 497. The van der Waals surface area contributed by atoms with E-state index < -0.39 is 5.97 Å². The molecule has 7 heteroatoms. The lowest BCUT2D eigenvalue weighted by Gasteiger charge is -2.22. The fourth-order valence-corrected chi connectivity index (χ4v) is 2.12. The van der Waals surface area contributed by atoms with Gasteiger partial charge in [-0.3, -0.25) is 4.79 Å². The van der Waals surface area contributed by atoms with Gasteiger partial charge in [-0.1, -0.05) is 0 Å². The summed E-state index contributed by atoms with van der Waals surface area (Å²) in [5.41, 5.74) is 0.261. The zero-order chi connectivity index (χ0) is 15.8. The van der Waals surface area contributed by atoms with Crippen LogP contribution < -0.4 is 5.32 Å². The van der Waals surface area contributed by atoms with Gasteiger partial charge in [-0.25, -0.2) is 9.78 Å². The summed E-state index contributed by atoms with van der Waals surface area (Å²) in [7, 11) is 0. The lowest BCUT2D eigenvalue weighted by molar-refractivity contribution is -0.0321. The van der Waals surface area contributed by atoms with Crippen molar-refractivity contribution in [2.45, 2.75) is 25.4 Å². The number of amides is 1. The van der Waals surface area contributed by atoms with E-state index in [1.54, 1.807) is 0 Å². The molecular weight excluding hydrogens is 288 g/mol. The first-order valence-corrected chi connectivity index (χ1v) is 7.33. The van der Waals surface area contributed by atoms with Gasteiger partial charge in [-0.15, -0.1) is 0 Å². The number of hydrogen-bond donors (Lipinski definition) is 2. The highest BCUT2D eigenvalue weighted by Crippen LogP contribution is 2.10. The van der Waals surface area contributed by atoms with Crippen LogP contribution >= 0.6 is 0 Å². The van der Waals surface area contributed by atoms with Crippen LogP contribution in [0.3, 0.4) is 0 Å². The van der Waals surface area contributed by atoms with Crippen molar-refractivity contribution in [2.24, 2.45) is 0 Å². The molecule has 1 aromatic rings. The number of pyridine rings is 1. The van der Waals surface area contributed by atoms with Crippen molar-refractivity contribution in [1.82, 2.24) is 10.3 Å². The highest BCUT2D eigenvalue weighted by atomic mass is 16.5. The van der Waals surface area contributed by atoms with Gasteiger partial charge in [-0.2, -0.15) is 0 Å². The van der Waals surface area contributed by atoms with Crippen molar-refractivity contribution in [1.29, 1.82) is 0 Å². The summed E-state index contributed by atoms with van der Waals surface area (Å²) in [4.78, 5) is 26.2. The number of nitrogens with zero attached hydrogens (tertiary/aromatic N) is 1. The third kappa shape index (κ3) is 5.09. The Hall–Kier alpha value is -1.99. The molecule has 1 fully saturated rings. The number of hydrogen-bond acceptors (Lipinski definition) is 5. The van der Waals surface area contributed by atoms with E-state index in [9.17, 15) is 9.59 Å². The van der Waals surface area contributed by atoms with Crippen LogP contribution in [-0.2, 0) is 9.47 Å². The van der Waals surface area contributed by atoms with Gasteiger partial charge < -0.3 is 19.9 Å². The molecule has 0 atom stereocenters. The number of carboxylic acids is 1. The zero-order valence-electron chi connectivity index (χ0n) is 12.3. The summed E-state index contributed by atoms with van der Waals surface area (Å²) in [5.74, 6) is -1.38. The number of ether oxygens (including phenoxy) is 2. The standard InChI is InChI=1S/C15H20N2O5/c18-14(11-2-3-13(15(19)20)17-10-11)16-6-1-7-22-12-4-8-21-9-5-12/h2-3,10,12H,1,4-9H2,(H,16,18)(H,19,20). The predicted molar refractivity (Wildman–Crippen MR) is 77.9 cm³/mol. The van der Waals surface area contributed by atoms with Gasteiger partial charge in [0.2, 0.25) is 0 Å². The average Bonchev–Trinajstić information content (AvgIpc) is 2.55. The van der Waals surface area contributed by atoms with Crippen molar-refractivity contribution in [3.63, 3.8) is 0 Å². The largest absolute Gasteiger partial charge is 0.477 e. The minimum Gasteiger partial charge on any atom is -0.477 e. The Balaban J connectivity index is 1.63. The molecule has 1 saturated heterocycles. The normalized spacial score (nSPS) is 15.5. The molecule has 2 N–H and O–H groups in total. The topological polar surface area (TPSA) is 97.8 Å². The first-order chi connectivity index (χ1) is 10.7. The second kappa shape index (κ2) is 8.45. The Labute approximate surface area is 128 Å². The highest BCUT2D eigenvalue weighted by molar-refractivity contribution is 5.94. The van der Waals surface area contributed by atoms with Crippen molar-refractivity contribution in [3.8, 4) is 0 Å². The van der Waals surface area contributed by atoms with E-state index in [0.29, 0.717) is 18.7 Å². The van der Waals surface area contributed by atoms with Gasteiger partial charge in [0, 0.05) is 32.6 Å². The molecule has 120 valence electrons. The summed E-state index contributed by atoms with van der Waals surface area (Å²) in [6.45, 7) is 2.60. The number of carbonyl (C=O) groups is 2. The predicted octanol–water partition coefficient (Wildman–Crippen LogP) is 1.10. The minimum atomic E-state index is -1.11. The third-order valence-electron chi connectivity index (χ3n) is 3.37. The second-order valence-electron chi connectivity index (χ2n) is 5.03. The van der Waals surface area contributed by atoms with Crippen LogP contribution in [0.25, 0.3) is 0 Å². The Kier molecular flexibility index (Phi) is 6.29. The van der Waals surface area contributed by atoms with Crippen LogP contribution in [0.1, 0.15) is 40.1 Å². The Morgan fingerprint density at radius 1 is 1.36 bits per heavy atom. The van der Waals surface area contributed by atoms with E-state index >= 15 is 0 Å². The average molecular weight is 308 g/mol. The third-order valence-corrected chi connectivity index (χ3v) is 3.37. The molecule has 1 aromatic heterocycles. The molecule has 2 heterocycles. The lowest BCUT2D eigenvalue weighted by Crippen LogP contribution is -2.27. The van der Waals surface area contributed by atoms with Gasteiger partial charge in [0.05, 0.1) is 11.7 Å². The Morgan fingerprint density at radius 3 is 2.77 bits per heavy atom. The number of aromatic nitrogens is 1. The van der Waals surface area contributed by atoms with Crippen LogP contribution in [0.4, 0.5) is 0 Å². The lowest BCUT2D eigenvalue weighted by atomic mass is 10.1. The molecule has 1 amide bonds. The van der Waals surface area contributed by atoms with Gasteiger partial charge in [-0.05, 0) is 31.4 Å². The molecule has 2 rings (SSSR count). The van der Waals surface area contributed by atoms with E-state index in [0.717, 1.165) is 32.5 Å². The van der Waals surface area contributed by atoms with E-state index in [2.05, 4.69) is 10.3 Å². The van der Waals surface area contributed by atoms with Crippen LogP contribution in [0.15, 0.2) is 18.3 Å². The van der Waals surface area contributed by atoms with Crippen molar-refractivity contribution < 1.29 is 24.2 Å². The molecule has 0 saturated carbocycles. The van der Waals surface area contributed by atoms with Crippen LogP contribution in [0.5, 0.6) is 0 Å². The molecule has 0 unspecified atom stereocenters. The molecule has 0 aromatic carbocycles. The molecule has 1 aliphatic heterocycles. The van der Waals surface area contributed by atoms with Crippen LogP contribution in [0.2, 0.25) is 0 Å². The van der Waals surface area contributed by atoms with E-state index in [-0.39, 0.29) is 17.7 Å². The summed E-state index contributed by atoms with van der Waals surface area (Å²) >= 11 is 0. The number of nitrogens with one attached hydrogen (secondary N) is 1. The van der Waals surface area contributed by atoms with Gasteiger partial charge in [0.15, 0.2) is 0 Å². The molecule has 22 heavy (non-hydrogen) atoms. The number of rotatable bonds is 7. The van der Waals surface area contributed by atoms with Crippen LogP contribution in [-0.4, -0.2) is 54.4 Å². The number of carbonyl (C=O) groups excluding carboxylic acids is 1. The number of carboxylic acid groups (broad SMARTS) is 1. The van der Waals surface area contributed by atoms with Crippen molar-refractivity contribution >= 4 is 11.9 Å². The quantitative estimate of drug-likeness (QED) is 0.732. The van der Waals surface area contributed by atoms with Crippen LogP contribution in [0, 0.1) is 0 Å². The molecule has 1 aliphatic rings. The molecule has 0 spiro atoms. The summed E-state index contributed by atoms with van der Waals surface area (Å²) in [5, 5.41) is 11.5. The maximum absolute atomic E-state index is 11.8. The molecule has 7 nitrogen and oxygen atoms in total. The summed E-state index contributed by atoms with van der Waals surface area (Å²) in [6.07, 6.45) is 4.10. The molecule has 0 bridgehead atoms. The number of aromatic carboxylic acids is 1. The Morgan fingerprint density at radius 2 is 2.14 bits per heavy atom. The molecule has 0 radical (unpaired) electrons. The maximum atomic E-state index is 11.8. The van der Waals surface area contributed by atoms with Gasteiger partial charge in [0.25, 0.3) is 5.91 Å². The van der Waals surface area contributed by atoms with Crippen molar-refractivity contribution in [2.75, 3.05) is 26.4 Å². The zero-order valence-corrected chi connectivity index (χ0v) is 12.3. The molecular formula is C15H20N2O5. The first-order valence-electron chi connectivity index (χ1n) is 7.33. The highest BCUT2D eigenvalue weighted by Gasteiger charge is 2.13. The first kappa shape index (κ1) is 16.4. The van der Waals surface area contributed by atoms with Gasteiger partial charge >= 0.3 is 5.97 Å². The maximum Gasteiger partial charge on any atom is 0.354 e. The monoisotopic (exact) mass is 308 g/mol. The fraction of sp³-hybridized carbons (Fsp3) is 0.533. The minimum absolute atomic E-state index is 0.0820. The molecule has 0 aliphatic carbocycles. The summed E-state index contributed by atoms with van der Waals surface area (Å²) < 4.78 is 11.0. The van der Waals surface area contributed by atoms with E-state index in [1.807, 2.05) is 0 Å². The second-order valence-corrected chi connectivity index (χ2v) is 5.03. The van der Waals surface area contributed by atoms with E-state index in [4.69, 9.17) is 14.6 Å². The summed E-state index contributed by atoms with van der Waals surface area (Å²) in [6, 6.07) is 2.76. The van der Waals surface area contributed by atoms with Crippen molar-refractivity contribution in [3.05, 3.63) is 29.6 Å². The van der Waals surface area contributed by atoms with Gasteiger partial charge in [0.1, 0.15) is 5.69 Å². The van der Waals surface area contributed by atoms with E-state index in [1.165, 1.54) is 18.3 Å². The smallest absolute Gasteiger partial charge is 0.354 e. The SMILES string of the molecule is O=C(NCCCOC1CCOCC1)c1ccc(C(=O)O)nc1. The fourth-order valence-electron chi connectivity index (χ4n) is 2.12.